The van der Waals surface area contributed by atoms with E-state index >= 15 is 0 Å². The molecule has 26 heavy (non-hydrogen) atoms. The van der Waals surface area contributed by atoms with E-state index in [-0.39, 0.29) is 5.91 Å². The van der Waals surface area contributed by atoms with Gasteiger partial charge in [-0.25, -0.2) is 4.98 Å². The average molecular weight is 387 g/mol. The molecule has 1 aromatic heterocycles. The number of carbonyl (C=O) groups excluding carboxylic acids is 1. The molecule has 0 atom stereocenters. The quantitative estimate of drug-likeness (QED) is 0.568. The van der Waals surface area contributed by atoms with Gasteiger partial charge in [-0.3, -0.25) is 4.79 Å². The highest BCUT2D eigenvalue weighted by molar-refractivity contribution is 6.37. The zero-order valence-electron chi connectivity index (χ0n) is 14.2. The summed E-state index contributed by atoms with van der Waals surface area (Å²) in [7, 11) is 3.26. The molecule has 0 spiro atoms. The minimum Gasteiger partial charge on any atom is -0.495 e. The van der Waals surface area contributed by atoms with Gasteiger partial charge in [-0.1, -0.05) is 47.5 Å². The smallest absolute Gasteiger partial charge is 0.259 e. The Labute approximate surface area is 162 Å². The minimum absolute atomic E-state index is 0.233. The van der Waals surface area contributed by atoms with Gasteiger partial charge in [-0.05, 0) is 30.3 Å². The number of anilines is 1. The first-order valence-corrected chi connectivity index (χ1v) is 8.60. The molecular formula is C20H16Cl2N2O2. The second kappa shape index (κ2) is 7.77. The topological polar surface area (TPSA) is 42.4 Å². The van der Waals surface area contributed by atoms with Gasteiger partial charge in [0.1, 0.15) is 10.9 Å². The molecule has 0 aliphatic rings. The summed E-state index contributed by atoms with van der Waals surface area (Å²) in [5.41, 5.74) is 2.56. The molecule has 132 valence electrons. The molecule has 0 fully saturated rings. The molecule has 6 heteroatoms. The molecule has 4 nitrogen and oxygen atoms in total. The lowest BCUT2D eigenvalue weighted by Gasteiger charge is -2.21. The van der Waals surface area contributed by atoms with Crippen LogP contribution >= 0.6 is 23.2 Å². The molecule has 2 aromatic carbocycles. The number of rotatable bonds is 4. The third-order valence-corrected chi connectivity index (χ3v) is 4.65. The van der Waals surface area contributed by atoms with E-state index in [2.05, 4.69) is 4.98 Å². The number of aromatic nitrogens is 1. The van der Waals surface area contributed by atoms with Crippen molar-refractivity contribution in [2.45, 2.75) is 0 Å². The van der Waals surface area contributed by atoms with Crippen molar-refractivity contribution in [1.82, 2.24) is 4.98 Å². The summed E-state index contributed by atoms with van der Waals surface area (Å²) in [5, 5.41) is 0.761. The number of benzene rings is 2. The second-order valence-electron chi connectivity index (χ2n) is 5.57. The van der Waals surface area contributed by atoms with Crippen molar-refractivity contribution in [2.24, 2.45) is 0 Å². The molecule has 0 aliphatic heterocycles. The molecule has 0 bridgehead atoms. The summed E-state index contributed by atoms with van der Waals surface area (Å²) in [5.74, 6) is 0.376. The lowest BCUT2D eigenvalue weighted by Crippen LogP contribution is -2.27. The van der Waals surface area contributed by atoms with Gasteiger partial charge in [0, 0.05) is 24.4 Å². The Kier molecular flexibility index (Phi) is 5.45. The van der Waals surface area contributed by atoms with Crippen molar-refractivity contribution in [3.8, 4) is 16.9 Å². The number of halogens is 2. The van der Waals surface area contributed by atoms with Crippen LogP contribution in [0.4, 0.5) is 5.69 Å². The third-order valence-electron chi connectivity index (χ3n) is 4.02. The van der Waals surface area contributed by atoms with E-state index in [1.54, 1.807) is 44.6 Å². The van der Waals surface area contributed by atoms with E-state index in [4.69, 9.17) is 27.9 Å². The van der Waals surface area contributed by atoms with E-state index in [1.165, 1.54) is 4.90 Å². The molecule has 0 unspecified atom stereocenters. The Morgan fingerprint density at radius 1 is 1.04 bits per heavy atom. The number of hydrogen-bond donors (Lipinski definition) is 0. The van der Waals surface area contributed by atoms with E-state index in [9.17, 15) is 4.79 Å². The van der Waals surface area contributed by atoms with Crippen LogP contribution in [0, 0.1) is 0 Å². The number of ether oxygens (including phenoxy) is 1. The second-order valence-corrected chi connectivity index (χ2v) is 6.34. The third kappa shape index (κ3) is 3.52. The molecule has 0 N–H and O–H groups in total. The van der Waals surface area contributed by atoms with E-state index < -0.39 is 0 Å². The molecule has 3 rings (SSSR count). The van der Waals surface area contributed by atoms with Gasteiger partial charge in [0.05, 0.1) is 23.4 Å². The Morgan fingerprint density at radius 2 is 1.81 bits per heavy atom. The Hall–Kier alpha value is -2.56. The minimum atomic E-state index is -0.233. The van der Waals surface area contributed by atoms with Crippen molar-refractivity contribution >= 4 is 34.8 Å². The normalized spacial score (nSPS) is 10.5. The van der Waals surface area contributed by atoms with Gasteiger partial charge in [0.2, 0.25) is 0 Å². The number of methoxy groups -OCH3 is 1. The molecule has 1 heterocycles. The van der Waals surface area contributed by atoms with E-state index in [1.807, 2.05) is 30.3 Å². The lowest BCUT2D eigenvalue weighted by molar-refractivity contribution is 0.0992. The van der Waals surface area contributed by atoms with Crippen LogP contribution < -0.4 is 9.64 Å². The van der Waals surface area contributed by atoms with Crippen molar-refractivity contribution < 1.29 is 9.53 Å². The monoisotopic (exact) mass is 386 g/mol. The van der Waals surface area contributed by atoms with Crippen LogP contribution in [0.2, 0.25) is 10.2 Å². The Balaban J connectivity index is 2.00. The fourth-order valence-electron chi connectivity index (χ4n) is 2.65. The zero-order valence-corrected chi connectivity index (χ0v) is 15.8. The highest BCUT2D eigenvalue weighted by Gasteiger charge is 2.21. The maximum absolute atomic E-state index is 13.0. The van der Waals surface area contributed by atoms with Gasteiger partial charge < -0.3 is 9.64 Å². The molecule has 0 saturated carbocycles. The maximum Gasteiger partial charge on any atom is 0.259 e. The van der Waals surface area contributed by atoms with Crippen molar-refractivity contribution in [1.29, 1.82) is 0 Å². The van der Waals surface area contributed by atoms with Crippen LogP contribution in [0.15, 0.2) is 60.8 Å². The number of amides is 1. The van der Waals surface area contributed by atoms with Gasteiger partial charge >= 0.3 is 0 Å². The van der Waals surface area contributed by atoms with Crippen LogP contribution in [-0.4, -0.2) is 25.0 Å². The first-order valence-electron chi connectivity index (χ1n) is 7.84. The summed E-state index contributed by atoms with van der Waals surface area (Å²) in [6, 6.07) is 16.1. The number of hydrogen-bond acceptors (Lipinski definition) is 3. The summed E-state index contributed by atoms with van der Waals surface area (Å²) >= 11 is 12.4. The van der Waals surface area contributed by atoms with Crippen molar-refractivity contribution in [3.63, 3.8) is 0 Å². The Morgan fingerprint density at radius 3 is 2.50 bits per heavy atom. The number of para-hydroxylation sites is 2. The van der Waals surface area contributed by atoms with Crippen LogP contribution in [0.25, 0.3) is 11.1 Å². The predicted molar refractivity (Wildman–Crippen MR) is 105 cm³/mol. The molecular weight excluding hydrogens is 371 g/mol. The van der Waals surface area contributed by atoms with Crippen molar-refractivity contribution in [2.75, 3.05) is 19.1 Å². The van der Waals surface area contributed by atoms with E-state index in [0.717, 1.165) is 11.1 Å². The first-order chi connectivity index (χ1) is 12.5. The van der Waals surface area contributed by atoms with Crippen LogP contribution in [0.3, 0.4) is 0 Å². The lowest BCUT2D eigenvalue weighted by atomic mass is 10.0. The fraction of sp³-hybridized carbons (Fsp3) is 0.100. The highest BCUT2D eigenvalue weighted by atomic mass is 35.5. The van der Waals surface area contributed by atoms with Crippen LogP contribution in [0.1, 0.15) is 10.4 Å². The Bertz CT molecular complexity index is 943. The molecule has 1 amide bonds. The van der Waals surface area contributed by atoms with Crippen LogP contribution in [-0.2, 0) is 0 Å². The SMILES string of the molecule is COc1ccccc1N(C)C(=O)c1cccc(-c2ccc(Cl)nc2)c1Cl. The summed E-state index contributed by atoms with van der Waals surface area (Å²) in [6.07, 6.45) is 1.63. The summed E-state index contributed by atoms with van der Waals surface area (Å²) in [6.45, 7) is 0. The van der Waals surface area contributed by atoms with Crippen LogP contribution in [0.5, 0.6) is 5.75 Å². The number of nitrogens with zero attached hydrogens (tertiary/aromatic N) is 2. The first kappa shape index (κ1) is 18.2. The molecule has 0 saturated heterocycles. The number of pyridine rings is 1. The van der Waals surface area contributed by atoms with Crippen molar-refractivity contribution in [3.05, 3.63) is 76.5 Å². The average Bonchev–Trinajstić information content (AvgIpc) is 2.68. The zero-order chi connectivity index (χ0) is 18.7. The van der Waals surface area contributed by atoms with Gasteiger partial charge in [0.25, 0.3) is 5.91 Å². The largest absolute Gasteiger partial charge is 0.495 e. The van der Waals surface area contributed by atoms with Gasteiger partial charge in [-0.2, -0.15) is 0 Å². The highest BCUT2D eigenvalue weighted by Crippen LogP contribution is 2.33. The number of carbonyl (C=O) groups is 1. The van der Waals surface area contributed by atoms with Gasteiger partial charge in [0.15, 0.2) is 0 Å². The van der Waals surface area contributed by atoms with E-state index in [0.29, 0.717) is 27.2 Å². The molecule has 0 aliphatic carbocycles. The molecule has 0 radical (unpaired) electrons. The summed E-state index contributed by atoms with van der Waals surface area (Å²) in [4.78, 5) is 18.6. The molecule has 3 aromatic rings. The standard InChI is InChI=1S/C20H16Cl2N2O2/c1-24(16-8-3-4-9-17(16)26-2)20(25)15-7-5-6-14(19(15)22)13-10-11-18(21)23-12-13/h3-12H,1-2H3. The predicted octanol–water partition coefficient (Wildman–Crippen LogP) is 5.34. The fourth-order valence-corrected chi connectivity index (χ4v) is 3.08. The summed E-state index contributed by atoms with van der Waals surface area (Å²) < 4.78 is 5.34. The van der Waals surface area contributed by atoms with Gasteiger partial charge in [-0.15, -0.1) is 0 Å². The maximum atomic E-state index is 13.0.